The number of methoxy groups -OCH3 is 1. The number of halogens is 2. The lowest BCUT2D eigenvalue weighted by Crippen LogP contribution is -2.02. The Kier molecular flexibility index (Phi) is 6.52. The molecular weight excluding hydrogens is 266 g/mol. The fraction of sp³-hybridized carbons (Fsp3) is 0.286. The van der Waals surface area contributed by atoms with Gasteiger partial charge in [0.1, 0.15) is 11.6 Å². The van der Waals surface area contributed by atoms with Gasteiger partial charge in [0.05, 0.1) is 5.56 Å². The maximum Gasteiger partial charge on any atom is 0.155 e. The highest BCUT2D eigenvalue weighted by Gasteiger charge is 2.11. The van der Waals surface area contributed by atoms with Gasteiger partial charge in [0.2, 0.25) is 0 Å². The predicted molar refractivity (Wildman–Crippen MR) is 73.8 cm³/mol. The van der Waals surface area contributed by atoms with Gasteiger partial charge in [-0.05, 0) is 24.6 Å². The molecule has 0 unspecified atom stereocenters. The molecule has 0 aromatic heterocycles. The van der Waals surface area contributed by atoms with Crippen LogP contribution >= 0.6 is 0 Å². The van der Waals surface area contributed by atoms with Gasteiger partial charge in [0.15, 0.2) is 6.29 Å². The number of hydrogen-bond acceptors (Lipinski definition) is 4. The maximum atomic E-state index is 13.4. The third kappa shape index (κ3) is 4.55. The van der Waals surface area contributed by atoms with E-state index in [-0.39, 0.29) is 17.5 Å². The van der Waals surface area contributed by atoms with E-state index in [0.717, 1.165) is 18.6 Å². The largest absolute Gasteiger partial charge is 0.398 e. The number of aldehydes is 1. The highest BCUT2D eigenvalue weighted by atomic mass is 19.1. The minimum atomic E-state index is -0.941. The van der Waals surface area contributed by atoms with Gasteiger partial charge in [0, 0.05) is 37.7 Å². The normalized spacial score (nSPS) is 12.1. The Bertz CT molecular complexity index is 505. The number of rotatable bonds is 7. The van der Waals surface area contributed by atoms with Crippen LogP contribution in [0.25, 0.3) is 5.70 Å². The number of carbonyl (C=O) groups excluding carboxylic acids is 1. The summed E-state index contributed by atoms with van der Waals surface area (Å²) < 4.78 is 31.7. The Labute approximate surface area is 116 Å². The lowest BCUT2D eigenvalue weighted by Gasteiger charge is -2.04. The number of allylic oxidation sites excluding steroid dienone is 1. The Hall–Kier alpha value is -2.08. The summed E-state index contributed by atoms with van der Waals surface area (Å²) in [6.07, 6.45) is 3.82. The zero-order chi connectivity index (χ0) is 15.0. The van der Waals surface area contributed by atoms with E-state index < -0.39 is 17.2 Å². The standard InChI is InChI=1S/C14H16F2N2O2/c1-20-6-2-4-18-5-3-14(17)10-7-12(15)11(9-19)13(16)8-10/h3,5,7-9H,2,4,6,17H2,1H3. The summed E-state index contributed by atoms with van der Waals surface area (Å²) in [4.78, 5) is 14.5. The molecule has 0 aliphatic rings. The van der Waals surface area contributed by atoms with Gasteiger partial charge in [0.25, 0.3) is 0 Å². The molecule has 0 fully saturated rings. The van der Waals surface area contributed by atoms with Crippen molar-refractivity contribution in [1.82, 2.24) is 0 Å². The number of carbonyl (C=O) groups is 1. The van der Waals surface area contributed by atoms with Crippen molar-refractivity contribution in [3.63, 3.8) is 0 Å². The van der Waals surface area contributed by atoms with E-state index in [2.05, 4.69) is 4.99 Å². The molecule has 0 spiro atoms. The highest BCUT2D eigenvalue weighted by molar-refractivity contribution is 5.84. The molecule has 1 aromatic carbocycles. The monoisotopic (exact) mass is 282 g/mol. The molecule has 0 saturated heterocycles. The second kappa shape index (κ2) is 8.16. The van der Waals surface area contributed by atoms with Crippen LogP contribution in [0.2, 0.25) is 0 Å². The van der Waals surface area contributed by atoms with Crippen LogP contribution in [0.1, 0.15) is 22.3 Å². The third-order valence-corrected chi connectivity index (χ3v) is 2.53. The first-order valence-electron chi connectivity index (χ1n) is 5.99. The van der Waals surface area contributed by atoms with Crippen molar-refractivity contribution in [1.29, 1.82) is 0 Å². The molecule has 0 bridgehead atoms. The maximum absolute atomic E-state index is 13.4. The van der Waals surface area contributed by atoms with E-state index in [4.69, 9.17) is 10.5 Å². The van der Waals surface area contributed by atoms with E-state index in [9.17, 15) is 13.6 Å². The summed E-state index contributed by atoms with van der Waals surface area (Å²) in [5.74, 6) is -1.88. The Morgan fingerprint density at radius 3 is 2.60 bits per heavy atom. The molecular formula is C14H16F2N2O2. The van der Waals surface area contributed by atoms with Crippen LogP contribution in [0.3, 0.4) is 0 Å². The Morgan fingerprint density at radius 2 is 2.05 bits per heavy atom. The molecule has 0 aliphatic carbocycles. The minimum Gasteiger partial charge on any atom is -0.398 e. The molecule has 4 nitrogen and oxygen atoms in total. The third-order valence-electron chi connectivity index (χ3n) is 2.53. The van der Waals surface area contributed by atoms with E-state index in [1.54, 1.807) is 7.11 Å². The molecule has 1 aromatic rings. The van der Waals surface area contributed by atoms with Crippen LogP contribution in [-0.4, -0.2) is 32.8 Å². The van der Waals surface area contributed by atoms with Crippen LogP contribution in [0.5, 0.6) is 0 Å². The first-order chi connectivity index (χ1) is 9.60. The van der Waals surface area contributed by atoms with Gasteiger partial charge in [-0.3, -0.25) is 9.79 Å². The quantitative estimate of drug-likeness (QED) is 0.473. The van der Waals surface area contributed by atoms with Gasteiger partial charge in [-0.15, -0.1) is 0 Å². The van der Waals surface area contributed by atoms with Gasteiger partial charge in [-0.2, -0.15) is 0 Å². The fourth-order valence-electron chi connectivity index (χ4n) is 1.47. The fourth-order valence-corrected chi connectivity index (χ4v) is 1.47. The molecule has 6 heteroatoms. The molecule has 1 rings (SSSR count). The number of aliphatic imine (C=N–C) groups is 1. The van der Waals surface area contributed by atoms with Crippen LogP contribution in [0.4, 0.5) is 8.78 Å². The molecule has 2 N–H and O–H groups in total. The topological polar surface area (TPSA) is 64.7 Å². The SMILES string of the molecule is COCCCN=CC=C(N)c1cc(F)c(C=O)c(F)c1. The van der Waals surface area contributed by atoms with Crippen molar-refractivity contribution in [2.75, 3.05) is 20.3 Å². The lowest BCUT2D eigenvalue weighted by atomic mass is 10.1. The van der Waals surface area contributed by atoms with E-state index in [1.807, 2.05) is 0 Å². The van der Waals surface area contributed by atoms with Gasteiger partial charge in [-0.25, -0.2) is 8.78 Å². The van der Waals surface area contributed by atoms with Crippen molar-refractivity contribution in [3.05, 3.63) is 41.0 Å². The lowest BCUT2D eigenvalue weighted by molar-refractivity contribution is 0.111. The Morgan fingerprint density at radius 1 is 1.40 bits per heavy atom. The van der Waals surface area contributed by atoms with Gasteiger partial charge >= 0.3 is 0 Å². The Balaban J connectivity index is 2.77. The predicted octanol–water partition coefficient (Wildman–Crippen LogP) is 2.18. The molecule has 0 radical (unpaired) electrons. The number of nitrogens with two attached hydrogens (primary N) is 1. The molecule has 0 heterocycles. The molecule has 108 valence electrons. The van der Waals surface area contributed by atoms with Crippen molar-refractivity contribution < 1.29 is 18.3 Å². The minimum absolute atomic E-state index is 0.131. The zero-order valence-electron chi connectivity index (χ0n) is 11.1. The summed E-state index contributed by atoms with van der Waals surface area (Å²) >= 11 is 0. The van der Waals surface area contributed by atoms with Crippen LogP contribution in [0, 0.1) is 11.6 Å². The van der Waals surface area contributed by atoms with E-state index in [1.165, 1.54) is 12.3 Å². The average molecular weight is 282 g/mol. The molecule has 0 atom stereocenters. The number of benzene rings is 1. The molecule has 20 heavy (non-hydrogen) atoms. The first-order valence-corrected chi connectivity index (χ1v) is 5.99. The van der Waals surface area contributed by atoms with Gasteiger partial charge < -0.3 is 10.5 Å². The second-order valence-electron chi connectivity index (χ2n) is 4.00. The smallest absolute Gasteiger partial charge is 0.155 e. The van der Waals surface area contributed by atoms with Crippen molar-refractivity contribution in [2.45, 2.75) is 6.42 Å². The van der Waals surface area contributed by atoms with Crippen molar-refractivity contribution in [3.8, 4) is 0 Å². The molecule has 0 amide bonds. The zero-order valence-corrected chi connectivity index (χ0v) is 11.1. The van der Waals surface area contributed by atoms with Crippen molar-refractivity contribution >= 4 is 18.2 Å². The van der Waals surface area contributed by atoms with E-state index in [0.29, 0.717) is 13.2 Å². The summed E-state index contributed by atoms with van der Waals surface area (Å²) in [5.41, 5.74) is 5.41. The van der Waals surface area contributed by atoms with Crippen LogP contribution in [-0.2, 0) is 4.74 Å². The molecule has 0 aliphatic heterocycles. The van der Waals surface area contributed by atoms with Gasteiger partial charge in [-0.1, -0.05) is 0 Å². The number of ether oxygens (including phenoxy) is 1. The van der Waals surface area contributed by atoms with E-state index >= 15 is 0 Å². The first kappa shape index (κ1) is 16.0. The summed E-state index contributed by atoms with van der Waals surface area (Å²) in [6.45, 7) is 1.19. The highest BCUT2D eigenvalue weighted by Crippen LogP contribution is 2.17. The number of nitrogens with zero attached hydrogens (tertiary/aromatic N) is 1. The second-order valence-corrected chi connectivity index (χ2v) is 4.00. The van der Waals surface area contributed by atoms with Crippen LogP contribution in [0.15, 0.2) is 23.2 Å². The average Bonchev–Trinajstić information content (AvgIpc) is 2.42. The summed E-state index contributed by atoms with van der Waals surface area (Å²) in [6, 6.07) is 2.02. The molecule has 0 saturated carbocycles. The van der Waals surface area contributed by atoms with Crippen LogP contribution < -0.4 is 5.73 Å². The number of hydrogen-bond donors (Lipinski definition) is 1. The summed E-state index contributed by atoms with van der Waals surface area (Å²) in [5, 5.41) is 0. The van der Waals surface area contributed by atoms with Crippen molar-refractivity contribution in [2.24, 2.45) is 10.7 Å². The summed E-state index contributed by atoms with van der Waals surface area (Å²) in [7, 11) is 1.60.